The van der Waals surface area contributed by atoms with Crippen LogP contribution in [0.25, 0.3) is 0 Å². The molecule has 2 heterocycles. The maximum atomic E-state index is 6.01. The SMILES string of the molecule is Cc1cc(C(NN)C2(N3CCCCC3)CCCC2)cs1. The van der Waals surface area contributed by atoms with E-state index < -0.39 is 0 Å². The number of nitrogens with two attached hydrogens (primary N) is 1. The van der Waals surface area contributed by atoms with Crippen LogP contribution in [-0.4, -0.2) is 23.5 Å². The first-order valence-electron chi connectivity index (χ1n) is 8.02. The fraction of sp³-hybridized carbons (Fsp3) is 0.750. The van der Waals surface area contributed by atoms with Crippen LogP contribution in [0.2, 0.25) is 0 Å². The second kappa shape index (κ2) is 6.14. The van der Waals surface area contributed by atoms with Crippen LogP contribution in [0.4, 0.5) is 0 Å². The molecule has 112 valence electrons. The molecule has 1 aliphatic carbocycles. The zero-order chi connectivity index (χ0) is 14.0. The minimum atomic E-state index is 0.253. The van der Waals surface area contributed by atoms with E-state index in [0.717, 1.165) is 0 Å². The third kappa shape index (κ3) is 2.54. The van der Waals surface area contributed by atoms with Crippen molar-refractivity contribution in [1.29, 1.82) is 0 Å². The van der Waals surface area contributed by atoms with Gasteiger partial charge in [0.2, 0.25) is 0 Å². The van der Waals surface area contributed by atoms with Crippen LogP contribution in [-0.2, 0) is 0 Å². The van der Waals surface area contributed by atoms with E-state index in [0.29, 0.717) is 0 Å². The fourth-order valence-corrected chi connectivity index (χ4v) is 5.02. The number of hydrogen-bond acceptors (Lipinski definition) is 4. The van der Waals surface area contributed by atoms with Crippen molar-refractivity contribution in [2.24, 2.45) is 5.84 Å². The Morgan fingerprint density at radius 1 is 1.20 bits per heavy atom. The predicted octanol–water partition coefficient (Wildman–Crippen LogP) is 3.36. The van der Waals surface area contributed by atoms with Gasteiger partial charge in [-0.1, -0.05) is 19.3 Å². The summed E-state index contributed by atoms with van der Waals surface area (Å²) in [5.41, 5.74) is 4.82. The molecule has 1 atom stereocenters. The van der Waals surface area contributed by atoms with Gasteiger partial charge in [-0.3, -0.25) is 16.2 Å². The molecule has 3 N–H and O–H groups in total. The lowest BCUT2D eigenvalue weighted by atomic mass is 9.82. The van der Waals surface area contributed by atoms with E-state index in [-0.39, 0.29) is 11.6 Å². The van der Waals surface area contributed by atoms with E-state index in [1.165, 1.54) is 68.5 Å². The molecule has 0 spiro atoms. The Balaban J connectivity index is 1.91. The Hall–Kier alpha value is -0.420. The quantitative estimate of drug-likeness (QED) is 0.660. The van der Waals surface area contributed by atoms with Gasteiger partial charge in [0, 0.05) is 10.4 Å². The van der Waals surface area contributed by atoms with Crippen LogP contribution < -0.4 is 11.3 Å². The smallest absolute Gasteiger partial charge is 0.0652 e. The molecule has 1 aromatic heterocycles. The molecular formula is C16H27N3S. The standard InChI is InChI=1S/C16H27N3S/c1-13-11-14(12-20-13)15(18-17)16(7-3-4-8-16)19-9-5-2-6-10-19/h11-12,15,18H,2-10,17H2,1H3. The molecule has 1 aromatic rings. The number of aryl methyl sites for hydroxylation is 1. The molecule has 0 amide bonds. The second-order valence-electron chi connectivity index (χ2n) is 6.45. The molecule has 2 fully saturated rings. The monoisotopic (exact) mass is 293 g/mol. The normalized spacial score (nSPS) is 24.9. The number of piperidine rings is 1. The van der Waals surface area contributed by atoms with Crippen molar-refractivity contribution in [3.05, 3.63) is 21.9 Å². The van der Waals surface area contributed by atoms with Gasteiger partial charge in [-0.2, -0.15) is 0 Å². The first kappa shape index (κ1) is 14.5. The van der Waals surface area contributed by atoms with E-state index in [9.17, 15) is 0 Å². The lowest BCUT2D eigenvalue weighted by Crippen LogP contribution is -2.57. The van der Waals surface area contributed by atoms with Crippen LogP contribution in [0, 0.1) is 6.92 Å². The molecule has 3 rings (SSSR count). The lowest BCUT2D eigenvalue weighted by Gasteiger charge is -2.48. The highest BCUT2D eigenvalue weighted by molar-refractivity contribution is 7.10. The van der Waals surface area contributed by atoms with Crippen LogP contribution in [0.3, 0.4) is 0 Å². The van der Waals surface area contributed by atoms with Crippen molar-refractivity contribution in [3.63, 3.8) is 0 Å². The molecule has 1 unspecified atom stereocenters. The van der Waals surface area contributed by atoms with Gasteiger partial charge in [0.25, 0.3) is 0 Å². The Bertz CT molecular complexity index is 431. The van der Waals surface area contributed by atoms with Crippen LogP contribution >= 0.6 is 11.3 Å². The summed E-state index contributed by atoms with van der Waals surface area (Å²) in [5, 5.41) is 2.30. The van der Waals surface area contributed by atoms with E-state index in [2.05, 4.69) is 28.7 Å². The average Bonchev–Trinajstić information content (AvgIpc) is 3.12. The fourth-order valence-electron chi connectivity index (χ4n) is 4.29. The minimum absolute atomic E-state index is 0.253. The highest BCUT2D eigenvalue weighted by Gasteiger charge is 2.46. The van der Waals surface area contributed by atoms with Gasteiger partial charge in [-0.15, -0.1) is 11.3 Å². The molecule has 2 aliphatic rings. The number of hydrazine groups is 1. The van der Waals surface area contributed by atoms with Gasteiger partial charge in [0.15, 0.2) is 0 Å². The molecule has 1 saturated heterocycles. The number of thiophene rings is 1. The lowest BCUT2D eigenvalue weighted by molar-refractivity contribution is 0.0361. The van der Waals surface area contributed by atoms with Crippen molar-refractivity contribution in [2.45, 2.75) is 63.5 Å². The Kier molecular flexibility index (Phi) is 4.46. The van der Waals surface area contributed by atoms with Gasteiger partial charge in [0.05, 0.1) is 6.04 Å². The largest absolute Gasteiger partial charge is 0.296 e. The number of nitrogens with zero attached hydrogens (tertiary/aromatic N) is 1. The molecule has 1 saturated carbocycles. The zero-order valence-electron chi connectivity index (χ0n) is 12.5. The maximum Gasteiger partial charge on any atom is 0.0652 e. The predicted molar refractivity (Wildman–Crippen MR) is 85.7 cm³/mol. The minimum Gasteiger partial charge on any atom is -0.296 e. The first-order valence-corrected chi connectivity index (χ1v) is 8.90. The van der Waals surface area contributed by atoms with Crippen LogP contribution in [0.5, 0.6) is 0 Å². The molecule has 0 aromatic carbocycles. The van der Waals surface area contributed by atoms with Gasteiger partial charge in [0.1, 0.15) is 0 Å². The number of rotatable bonds is 4. The topological polar surface area (TPSA) is 41.3 Å². The molecule has 1 aliphatic heterocycles. The van der Waals surface area contributed by atoms with Crippen molar-refractivity contribution in [3.8, 4) is 0 Å². The summed E-state index contributed by atoms with van der Waals surface area (Å²) in [6.45, 7) is 4.69. The highest BCUT2D eigenvalue weighted by atomic mass is 32.1. The Labute approximate surface area is 126 Å². The summed E-state index contributed by atoms with van der Waals surface area (Å²) in [7, 11) is 0. The van der Waals surface area contributed by atoms with Crippen molar-refractivity contribution in [1.82, 2.24) is 10.3 Å². The van der Waals surface area contributed by atoms with Crippen molar-refractivity contribution >= 4 is 11.3 Å². The molecule has 3 nitrogen and oxygen atoms in total. The number of likely N-dealkylation sites (tertiary alicyclic amines) is 1. The van der Waals surface area contributed by atoms with E-state index in [1.807, 2.05) is 11.3 Å². The summed E-state index contributed by atoms with van der Waals surface area (Å²) in [6.07, 6.45) is 9.36. The Morgan fingerprint density at radius 2 is 1.90 bits per heavy atom. The first-order chi connectivity index (χ1) is 9.76. The van der Waals surface area contributed by atoms with Gasteiger partial charge < -0.3 is 0 Å². The van der Waals surface area contributed by atoms with Crippen LogP contribution in [0.1, 0.15) is 61.4 Å². The maximum absolute atomic E-state index is 6.01. The summed E-state index contributed by atoms with van der Waals surface area (Å²) >= 11 is 1.84. The highest BCUT2D eigenvalue weighted by Crippen LogP contribution is 2.45. The van der Waals surface area contributed by atoms with Gasteiger partial charge >= 0.3 is 0 Å². The molecule has 0 radical (unpaired) electrons. The molecular weight excluding hydrogens is 266 g/mol. The van der Waals surface area contributed by atoms with Gasteiger partial charge in [-0.25, -0.2) is 0 Å². The average molecular weight is 293 g/mol. The van der Waals surface area contributed by atoms with Crippen molar-refractivity contribution < 1.29 is 0 Å². The van der Waals surface area contributed by atoms with E-state index >= 15 is 0 Å². The third-order valence-corrected chi connectivity index (χ3v) is 6.12. The van der Waals surface area contributed by atoms with Crippen molar-refractivity contribution in [2.75, 3.05) is 13.1 Å². The molecule has 0 bridgehead atoms. The Morgan fingerprint density at radius 3 is 2.45 bits per heavy atom. The molecule has 4 heteroatoms. The summed E-state index contributed by atoms with van der Waals surface area (Å²) in [4.78, 5) is 4.13. The third-order valence-electron chi connectivity index (χ3n) is 5.24. The second-order valence-corrected chi connectivity index (χ2v) is 7.56. The summed E-state index contributed by atoms with van der Waals surface area (Å²) < 4.78 is 0. The van der Waals surface area contributed by atoms with Crippen LogP contribution in [0.15, 0.2) is 11.4 Å². The number of nitrogens with one attached hydrogen (secondary N) is 1. The van der Waals surface area contributed by atoms with E-state index in [4.69, 9.17) is 5.84 Å². The summed E-state index contributed by atoms with van der Waals surface area (Å²) in [6, 6.07) is 2.60. The number of hydrogen-bond donors (Lipinski definition) is 2. The molecule has 20 heavy (non-hydrogen) atoms. The summed E-state index contributed by atoms with van der Waals surface area (Å²) in [5.74, 6) is 6.01. The van der Waals surface area contributed by atoms with E-state index in [1.54, 1.807) is 0 Å². The zero-order valence-corrected chi connectivity index (χ0v) is 13.3. The van der Waals surface area contributed by atoms with Gasteiger partial charge in [-0.05, 0) is 62.7 Å².